The topological polar surface area (TPSA) is 117 Å². The van der Waals surface area contributed by atoms with Crippen LogP contribution in [0.2, 0.25) is 0 Å². The zero-order valence-electron chi connectivity index (χ0n) is 16.4. The Bertz CT molecular complexity index is 943. The monoisotopic (exact) mass is 491 g/mol. The van der Waals surface area contributed by atoms with Crippen molar-refractivity contribution in [2.45, 2.75) is 25.9 Å². The third kappa shape index (κ3) is 5.02. The smallest absolute Gasteiger partial charge is 0.308 e. The van der Waals surface area contributed by atoms with E-state index in [1.54, 1.807) is 18.2 Å². The summed E-state index contributed by atoms with van der Waals surface area (Å²) in [4.78, 5) is 24.6. The molecule has 1 aromatic rings. The molecule has 0 radical (unpaired) electrons. The van der Waals surface area contributed by atoms with Crippen LogP contribution in [-0.4, -0.2) is 45.5 Å². The second kappa shape index (κ2) is 9.04. The van der Waals surface area contributed by atoms with Crippen LogP contribution in [0.5, 0.6) is 11.5 Å². The second-order valence-electron chi connectivity index (χ2n) is 6.25. The van der Waals surface area contributed by atoms with Crippen molar-refractivity contribution in [2.75, 3.05) is 25.3 Å². The number of benzene rings is 1. The van der Waals surface area contributed by atoms with E-state index >= 15 is 0 Å². The fourth-order valence-corrected chi connectivity index (χ4v) is 4.42. The third-order valence-corrected chi connectivity index (χ3v) is 6.00. The van der Waals surface area contributed by atoms with Gasteiger partial charge in [0.1, 0.15) is 11.5 Å². The molecular weight excluding hydrogens is 470 g/mol. The minimum atomic E-state index is -3.84. The van der Waals surface area contributed by atoms with E-state index < -0.39 is 39.0 Å². The summed E-state index contributed by atoms with van der Waals surface area (Å²) in [7, 11) is -0.948. The lowest BCUT2D eigenvalue weighted by atomic mass is 9.90. The fraction of sp³-hybridized carbons (Fsp3) is 0.444. The molecule has 0 aliphatic carbocycles. The zero-order valence-corrected chi connectivity index (χ0v) is 18.8. The Morgan fingerprint density at radius 1 is 1.28 bits per heavy atom. The summed E-state index contributed by atoms with van der Waals surface area (Å²) in [6, 6.07) is 4.72. The Kier molecular flexibility index (Phi) is 7.17. The normalized spacial score (nSPS) is 19.0. The number of hydrogen-bond donors (Lipinski definition) is 1. The maximum atomic E-state index is 13.1. The van der Waals surface area contributed by atoms with Gasteiger partial charge in [0.2, 0.25) is 27.3 Å². The van der Waals surface area contributed by atoms with Crippen molar-refractivity contribution in [1.82, 2.24) is 4.72 Å². The van der Waals surface area contributed by atoms with E-state index in [2.05, 4.69) is 20.7 Å². The van der Waals surface area contributed by atoms with Gasteiger partial charge in [-0.05, 0) is 25.5 Å². The number of halogens is 1. The SMILES string of the molecule is COc1ccc(C2(C)OC(NS(=O)(=O)CCCBr)=C(OC(C)=O)C2=O)c(OC)c1. The molecule has 1 atom stereocenters. The molecule has 11 heteroatoms. The lowest BCUT2D eigenvalue weighted by molar-refractivity contribution is -0.142. The minimum Gasteiger partial charge on any atom is -0.497 e. The summed E-state index contributed by atoms with van der Waals surface area (Å²) in [5, 5.41) is 0.476. The van der Waals surface area contributed by atoms with Gasteiger partial charge < -0.3 is 18.9 Å². The predicted molar refractivity (Wildman–Crippen MR) is 107 cm³/mol. The largest absolute Gasteiger partial charge is 0.497 e. The van der Waals surface area contributed by atoms with Gasteiger partial charge >= 0.3 is 5.97 Å². The highest BCUT2D eigenvalue weighted by atomic mass is 79.9. The third-order valence-electron chi connectivity index (χ3n) is 4.12. The number of sulfonamides is 1. The molecule has 0 bridgehead atoms. The molecule has 0 aromatic heterocycles. The van der Waals surface area contributed by atoms with E-state index in [1.807, 2.05) is 0 Å². The van der Waals surface area contributed by atoms with Crippen LogP contribution in [0.4, 0.5) is 0 Å². The molecule has 1 N–H and O–H groups in total. The van der Waals surface area contributed by atoms with Crippen LogP contribution in [0, 0.1) is 0 Å². The van der Waals surface area contributed by atoms with Crippen LogP contribution in [0.15, 0.2) is 29.8 Å². The molecular formula is C18H22BrNO8S. The van der Waals surface area contributed by atoms with Crippen LogP contribution in [0.25, 0.3) is 0 Å². The first kappa shape index (κ1) is 23.0. The van der Waals surface area contributed by atoms with Gasteiger partial charge in [0, 0.05) is 23.9 Å². The zero-order chi connectivity index (χ0) is 21.8. The van der Waals surface area contributed by atoms with Gasteiger partial charge in [0.05, 0.1) is 20.0 Å². The number of alkyl halides is 1. The minimum absolute atomic E-state index is 0.213. The average molecular weight is 492 g/mol. The molecule has 1 aromatic carbocycles. The van der Waals surface area contributed by atoms with Gasteiger partial charge in [0.15, 0.2) is 0 Å². The summed E-state index contributed by atoms with van der Waals surface area (Å²) < 4.78 is 48.0. The number of rotatable bonds is 9. The van der Waals surface area contributed by atoms with E-state index in [0.29, 0.717) is 23.1 Å². The summed E-state index contributed by atoms with van der Waals surface area (Å²) in [5.41, 5.74) is -1.37. The molecule has 0 saturated heterocycles. The first-order chi connectivity index (χ1) is 13.6. The molecule has 0 spiro atoms. The first-order valence-electron chi connectivity index (χ1n) is 8.53. The Hall–Kier alpha value is -2.27. The quantitative estimate of drug-likeness (QED) is 0.411. The molecule has 1 unspecified atom stereocenters. The van der Waals surface area contributed by atoms with Crippen molar-refractivity contribution in [1.29, 1.82) is 0 Å². The van der Waals surface area contributed by atoms with E-state index in [-0.39, 0.29) is 11.5 Å². The van der Waals surface area contributed by atoms with Crippen LogP contribution in [-0.2, 0) is 34.7 Å². The van der Waals surface area contributed by atoms with Gasteiger partial charge in [-0.25, -0.2) is 8.42 Å². The highest BCUT2D eigenvalue weighted by Gasteiger charge is 2.51. The Morgan fingerprint density at radius 2 is 1.97 bits per heavy atom. The number of ether oxygens (including phenoxy) is 4. The van der Waals surface area contributed by atoms with Crippen molar-refractivity contribution in [3.63, 3.8) is 0 Å². The van der Waals surface area contributed by atoms with E-state index in [4.69, 9.17) is 18.9 Å². The van der Waals surface area contributed by atoms with E-state index in [0.717, 1.165) is 6.92 Å². The maximum Gasteiger partial charge on any atom is 0.308 e. The molecule has 1 aliphatic heterocycles. The van der Waals surface area contributed by atoms with E-state index in [9.17, 15) is 18.0 Å². The predicted octanol–water partition coefficient (Wildman–Crippen LogP) is 1.95. The van der Waals surface area contributed by atoms with Gasteiger partial charge in [-0.15, -0.1) is 0 Å². The van der Waals surface area contributed by atoms with Crippen LogP contribution >= 0.6 is 15.9 Å². The number of ketones is 1. The first-order valence-corrected chi connectivity index (χ1v) is 11.3. The molecule has 0 amide bonds. The molecule has 160 valence electrons. The molecule has 0 fully saturated rings. The number of nitrogens with one attached hydrogen (secondary N) is 1. The number of methoxy groups -OCH3 is 2. The van der Waals surface area contributed by atoms with Crippen LogP contribution in [0.3, 0.4) is 0 Å². The molecule has 0 saturated carbocycles. The van der Waals surface area contributed by atoms with Crippen LogP contribution in [0.1, 0.15) is 25.8 Å². The van der Waals surface area contributed by atoms with Gasteiger partial charge in [0.25, 0.3) is 5.78 Å². The van der Waals surface area contributed by atoms with Gasteiger partial charge in [-0.3, -0.25) is 14.3 Å². The fourth-order valence-electron chi connectivity index (χ4n) is 2.73. The van der Waals surface area contributed by atoms with Crippen molar-refractivity contribution in [2.24, 2.45) is 0 Å². The molecule has 1 aliphatic rings. The summed E-state index contributed by atoms with van der Waals surface area (Å²) >= 11 is 3.16. The lowest BCUT2D eigenvalue weighted by Crippen LogP contribution is -2.33. The molecule has 9 nitrogen and oxygen atoms in total. The standard InChI is InChI=1S/C18H22BrNO8S/c1-11(21)27-15-16(22)18(2,13-7-6-12(25-3)10-14(13)26-4)28-17(15)20-29(23,24)9-5-8-19/h6-7,10,20H,5,8-9H2,1-4H3. The lowest BCUT2D eigenvalue weighted by Gasteiger charge is -2.25. The summed E-state index contributed by atoms with van der Waals surface area (Å²) in [5.74, 6) is -1.92. The highest BCUT2D eigenvalue weighted by molar-refractivity contribution is 9.09. The second-order valence-corrected chi connectivity index (χ2v) is 8.88. The Morgan fingerprint density at radius 3 is 2.52 bits per heavy atom. The number of hydrogen-bond acceptors (Lipinski definition) is 8. The number of esters is 1. The Labute approximate surface area is 177 Å². The number of carbonyl (C=O) groups excluding carboxylic acids is 2. The molecule has 2 rings (SSSR count). The highest BCUT2D eigenvalue weighted by Crippen LogP contribution is 2.43. The average Bonchev–Trinajstić information content (AvgIpc) is 2.90. The number of Topliss-reactive ketones (excluding diaryl/α,β-unsaturated/α-hetero) is 1. The van der Waals surface area contributed by atoms with Crippen LogP contribution < -0.4 is 14.2 Å². The van der Waals surface area contributed by atoms with Crippen molar-refractivity contribution in [3.8, 4) is 11.5 Å². The Balaban J connectivity index is 2.48. The van der Waals surface area contributed by atoms with Crippen molar-refractivity contribution >= 4 is 37.7 Å². The maximum absolute atomic E-state index is 13.1. The molecule has 29 heavy (non-hydrogen) atoms. The van der Waals surface area contributed by atoms with Crippen molar-refractivity contribution < 1.29 is 37.0 Å². The molecule has 1 heterocycles. The summed E-state index contributed by atoms with van der Waals surface area (Å²) in [6.07, 6.45) is 0.336. The van der Waals surface area contributed by atoms with Crippen molar-refractivity contribution in [3.05, 3.63) is 35.4 Å². The van der Waals surface area contributed by atoms with Gasteiger partial charge in [-0.2, -0.15) is 0 Å². The van der Waals surface area contributed by atoms with Gasteiger partial charge in [-0.1, -0.05) is 15.9 Å². The summed E-state index contributed by atoms with van der Waals surface area (Å²) in [6.45, 7) is 2.53. The number of carbonyl (C=O) groups is 2. The van der Waals surface area contributed by atoms with E-state index in [1.165, 1.54) is 21.1 Å².